The van der Waals surface area contributed by atoms with Gasteiger partial charge in [-0.25, -0.2) is 9.97 Å². The number of piperidine rings is 1. The minimum atomic E-state index is -0.390. The zero-order valence-corrected chi connectivity index (χ0v) is 17.5. The number of rotatable bonds is 8. The first-order valence-electron chi connectivity index (χ1n) is 10.3. The number of unbranched alkanes of at least 4 members (excludes halogenated alkanes) is 1. The molecule has 0 aliphatic carbocycles. The highest BCUT2D eigenvalue weighted by molar-refractivity contribution is 5.74. The Morgan fingerprint density at radius 1 is 1.24 bits per heavy atom. The molecule has 0 atom stereocenters. The molecule has 1 aliphatic heterocycles. The van der Waals surface area contributed by atoms with Crippen LogP contribution in [0.1, 0.15) is 38.2 Å². The third-order valence-corrected chi connectivity index (χ3v) is 5.59. The molecule has 0 spiro atoms. The lowest BCUT2D eigenvalue weighted by Crippen LogP contribution is -2.42. The average molecular weight is 399 g/mol. The summed E-state index contributed by atoms with van der Waals surface area (Å²) >= 11 is 0. The van der Waals surface area contributed by atoms with Gasteiger partial charge in [-0.05, 0) is 63.5 Å². The van der Waals surface area contributed by atoms with Gasteiger partial charge in [0.05, 0.1) is 4.92 Å². The minimum absolute atomic E-state index is 0.0796. The van der Waals surface area contributed by atoms with E-state index in [9.17, 15) is 10.1 Å². The SMILES string of the molecule is CCCCc1ccc(Nc2ncnc(N(C)C3CCN(C)CC3)c2[N+](=O)[O-])cc1. The van der Waals surface area contributed by atoms with E-state index in [1.807, 2.05) is 24.1 Å². The number of anilines is 3. The van der Waals surface area contributed by atoms with Gasteiger partial charge in [0.25, 0.3) is 0 Å². The summed E-state index contributed by atoms with van der Waals surface area (Å²) < 4.78 is 0. The van der Waals surface area contributed by atoms with Crippen LogP contribution in [0.15, 0.2) is 30.6 Å². The molecule has 156 valence electrons. The fraction of sp³-hybridized carbons (Fsp3) is 0.524. The van der Waals surface area contributed by atoms with Gasteiger partial charge in [-0.15, -0.1) is 0 Å². The Bertz CT molecular complexity index is 818. The fourth-order valence-corrected chi connectivity index (χ4v) is 3.71. The van der Waals surface area contributed by atoms with Crippen LogP contribution >= 0.6 is 0 Å². The molecule has 1 saturated heterocycles. The van der Waals surface area contributed by atoms with Crippen LogP contribution in [0.25, 0.3) is 0 Å². The third kappa shape index (κ3) is 5.20. The Hall–Kier alpha value is -2.74. The predicted molar refractivity (Wildman–Crippen MR) is 116 cm³/mol. The molecule has 1 aromatic heterocycles. The maximum Gasteiger partial charge on any atom is 0.353 e. The standard InChI is InChI=1S/C21H30N6O2/c1-4-5-6-16-7-9-17(10-8-16)24-20-19(27(28)29)21(23-15-22-20)26(3)18-11-13-25(2)14-12-18/h7-10,15,18H,4-6,11-14H2,1-3H3,(H,22,23,24). The Kier molecular flexibility index (Phi) is 6.98. The molecule has 8 nitrogen and oxygen atoms in total. The van der Waals surface area contributed by atoms with Crippen LogP contribution in [0.4, 0.5) is 23.0 Å². The molecule has 29 heavy (non-hydrogen) atoms. The van der Waals surface area contributed by atoms with Crippen molar-refractivity contribution in [1.82, 2.24) is 14.9 Å². The van der Waals surface area contributed by atoms with E-state index < -0.39 is 4.92 Å². The summed E-state index contributed by atoms with van der Waals surface area (Å²) in [6, 6.07) is 8.21. The molecule has 1 fully saturated rings. The normalized spacial score (nSPS) is 15.3. The largest absolute Gasteiger partial charge is 0.353 e. The van der Waals surface area contributed by atoms with Crippen molar-refractivity contribution in [2.75, 3.05) is 37.4 Å². The van der Waals surface area contributed by atoms with Gasteiger partial charge in [-0.3, -0.25) is 10.1 Å². The van der Waals surface area contributed by atoms with Crippen molar-refractivity contribution in [3.63, 3.8) is 0 Å². The molecule has 0 saturated carbocycles. The van der Waals surface area contributed by atoms with Gasteiger partial charge in [0.2, 0.25) is 11.6 Å². The minimum Gasteiger partial charge on any atom is -0.351 e. The highest BCUT2D eigenvalue weighted by Gasteiger charge is 2.30. The molecule has 0 amide bonds. The molecule has 1 N–H and O–H groups in total. The number of aromatic nitrogens is 2. The molecule has 0 radical (unpaired) electrons. The summed E-state index contributed by atoms with van der Waals surface area (Å²) in [5, 5.41) is 15.0. The van der Waals surface area contributed by atoms with Crippen LogP contribution in [0.2, 0.25) is 0 Å². The second-order valence-corrected chi connectivity index (χ2v) is 7.72. The van der Waals surface area contributed by atoms with Crippen molar-refractivity contribution < 1.29 is 4.92 Å². The maximum absolute atomic E-state index is 11.9. The highest BCUT2D eigenvalue weighted by atomic mass is 16.6. The van der Waals surface area contributed by atoms with Gasteiger partial charge in [0.15, 0.2) is 0 Å². The second-order valence-electron chi connectivity index (χ2n) is 7.72. The number of hydrogen-bond acceptors (Lipinski definition) is 7. The molecule has 1 aliphatic rings. The monoisotopic (exact) mass is 398 g/mol. The number of nitrogens with zero attached hydrogens (tertiary/aromatic N) is 5. The van der Waals surface area contributed by atoms with Gasteiger partial charge in [0.1, 0.15) is 6.33 Å². The van der Waals surface area contributed by atoms with Crippen LogP contribution in [0, 0.1) is 10.1 Å². The fourth-order valence-electron chi connectivity index (χ4n) is 3.71. The summed E-state index contributed by atoms with van der Waals surface area (Å²) in [6.45, 7) is 4.12. The van der Waals surface area contributed by atoms with E-state index in [1.165, 1.54) is 11.9 Å². The van der Waals surface area contributed by atoms with Crippen molar-refractivity contribution in [3.8, 4) is 0 Å². The topological polar surface area (TPSA) is 87.4 Å². The number of hydrogen-bond donors (Lipinski definition) is 1. The first-order chi connectivity index (χ1) is 14.0. The lowest BCUT2D eigenvalue weighted by atomic mass is 10.0. The van der Waals surface area contributed by atoms with E-state index in [4.69, 9.17) is 0 Å². The molecule has 0 unspecified atom stereocenters. The van der Waals surface area contributed by atoms with E-state index in [0.29, 0.717) is 5.82 Å². The van der Waals surface area contributed by atoms with Crippen molar-refractivity contribution in [3.05, 3.63) is 46.3 Å². The van der Waals surface area contributed by atoms with Crippen molar-refractivity contribution in [2.45, 2.75) is 45.1 Å². The molecule has 3 rings (SSSR count). The van der Waals surface area contributed by atoms with Gasteiger partial charge in [-0.2, -0.15) is 0 Å². The quantitative estimate of drug-likeness (QED) is 0.531. The van der Waals surface area contributed by atoms with Gasteiger partial charge in [-0.1, -0.05) is 25.5 Å². The first-order valence-corrected chi connectivity index (χ1v) is 10.3. The Balaban J connectivity index is 1.82. The lowest BCUT2D eigenvalue weighted by molar-refractivity contribution is -0.383. The van der Waals surface area contributed by atoms with E-state index in [2.05, 4.69) is 46.3 Å². The van der Waals surface area contributed by atoms with Gasteiger partial charge >= 0.3 is 5.69 Å². The van der Waals surface area contributed by atoms with Crippen LogP contribution in [0.3, 0.4) is 0 Å². The second kappa shape index (κ2) is 9.65. The molecule has 1 aromatic carbocycles. The van der Waals surface area contributed by atoms with E-state index in [0.717, 1.165) is 50.9 Å². The number of nitrogens with one attached hydrogen (secondary N) is 1. The number of likely N-dealkylation sites (tertiary alicyclic amines) is 1. The van der Waals surface area contributed by atoms with Crippen molar-refractivity contribution >= 4 is 23.0 Å². The summed E-state index contributed by atoms with van der Waals surface area (Å²) in [5.41, 5.74) is 1.96. The van der Waals surface area contributed by atoms with Crippen LogP contribution < -0.4 is 10.2 Å². The van der Waals surface area contributed by atoms with Crippen molar-refractivity contribution in [2.24, 2.45) is 0 Å². The Morgan fingerprint density at radius 2 is 1.93 bits per heavy atom. The van der Waals surface area contributed by atoms with Crippen LogP contribution in [0.5, 0.6) is 0 Å². The molecule has 2 aromatic rings. The molecular formula is C21H30N6O2. The first kappa shape index (κ1) is 21.0. The summed E-state index contributed by atoms with van der Waals surface area (Å²) in [4.78, 5) is 24.1. The number of benzene rings is 1. The van der Waals surface area contributed by atoms with E-state index >= 15 is 0 Å². The smallest absolute Gasteiger partial charge is 0.351 e. The summed E-state index contributed by atoms with van der Waals surface area (Å²) in [6.07, 6.45) is 6.64. The molecule has 2 heterocycles. The van der Waals surface area contributed by atoms with Crippen LogP contribution in [-0.2, 0) is 6.42 Å². The van der Waals surface area contributed by atoms with Gasteiger partial charge in [0, 0.05) is 18.8 Å². The van der Waals surface area contributed by atoms with E-state index in [1.54, 1.807) is 0 Å². The van der Waals surface area contributed by atoms with Crippen LogP contribution in [-0.4, -0.2) is 53.0 Å². The van der Waals surface area contributed by atoms with Crippen molar-refractivity contribution in [1.29, 1.82) is 0 Å². The summed E-state index contributed by atoms with van der Waals surface area (Å²) in [5.74, 6) is 0.586. The lowest BCUT2D eigenvalue weighted by Gasteiger charge is -2.35. The number of aryl methyl sites for hydroxylation is 1. The Morgan fingerprint density at radius 3 is 2.55 bits per heavy atom. The number of nitro groups is 1. The predicted octanol–water partition coefficient (Wildman–Crippen LogP) is 4.00. The Labute approximate surface area is 172 Å². The molecule has 0 bridgehead atoms. The zero-order valence-electron chi connectivity index (χ0n) is 17.5. The third-order valence-electron chi connectivity index (χ3n) is 5.59. The maximum atomic E-state index is 11.9. The molecular weight excluding hydrogens is 368 g/mol. The van der Waals surface area contributed by atoms with Gasteiger partial charge < -0.3 is 15.1 Å². The highest BCUT2D eigenvalue weighted by Crippen LogP contribution is 2.35. The zero-order chi connectivity index (χ0) is 20.8. The summed E-state index contributed by atoms with van der Waals surface area (Å²) in [7, 11) is 3.98. The molecule has 8 heteroatoms. The van der Waals surface area contributed by atoms with E-state index in [-0.39, 0.29) is 17.5 Å². The average Bonchev–Trinajstić information content (AvgIpc) is 2.73.